The highest BCUT2D eigenvalue weighted by molar-refractivity contribution is 6.00. The molecular weight excluding hydrogens is 347 g/mol. The third kappa shape index (κ3) is 5.61. The van der Waals surface area contributed by atoms with Crippen LogP contribution in [0.2, 0.25) is 0 Å². The number of alkyl halides is 3. The zero-order valence-corrected chi connectivity index (χ0v) is 14.3. The molecule has 2 aromatic carbocycles. The maximum atomic E-state index is 12.4. The van der Waals surface area contributed by atoms with Crippen molar-refractivity contribution in [2.45, 2.75) is 33.1 Å². The Bertz CT molecular complexity index is 816. The monoisotopic (exact) mass is 365 g/mol. The van der Waals surface area contributed by atoms with Gasteiger partial charge >= 0.3 is 6.36 Å². The molecule has 26 heavy (non-hydrogen) atoms. The molecule has 0 aromatic heterocycles. The van der Waals surface area contributed by atoms with E-state index in [1.165, 1.54) is 18.2 Å². The summed E-state index contributed by atoms with van der Waals surface area (Å²) in [7, 11) is 0. The Morgan fingerprint density at radius 1 is 1.00 bits per heavy atom. The number of nitrogens with one attached hydrogen (secondary N) is 1. The predicted octanol–water partition coefficient (Wildman–Crippen LogP) is 4.80. The van der Waals surface area contributed by atoms with Crippen LogP contribution in [0.1, 0.15) is 34.3 Å². The van der Waals surface area contributed by atoms with Crippen molar-refractivity contribution in [2.24, 2.45) is 0 Å². The number of Topliss-reactive ketones (excluding diaryl/α,β-unsaturated/α-hetero) is 1. The quantitative estimate of drug-likeness (QED) is 0.748. The van der Waals surface area contributed by atoms with Crippen molar-refractivity contribution in [3.05, 3.63) is 59.2 Å². The number of hydrogen-bond donors (Lipinski definition) is 1. The number of benzene rings is 2. The first-order valence-corrected chi connectivity index (χ1v) is 7.91. The molecule has 0 aliphatic carbocycles. The molecule has 138 valence electrons. The number of anilines is 1. The maximum Gasteiger partial charge on any atom is 0.573 e. The lowest BCUT2D eigenvalue weighted by Gasteiger charge is -2.13. The van der Waals surface area contributed by atoms with Crippen molar-refractivity contribution < 1.29 is 27.5 Å². The summed E-state index contributed by atoms with van der Waals surface area (Å²) in [4.78, 5) is 24.2. The van der Waals surface area contributed by atoms with Gasteiger partial charge in [0.15, 0.2) is 11.5 Å². The Balaban J connectivity index is 1.97. The van der Waals surface area contributed by atoms with Gasteiger partial charge in [-0.05, 0) is 43.2 Å². The largest absolute Gasteiger partial charge is 0.573 e. The van der Waals surface area contributed by atoms with Crippen molar-refractivity contribution in [1.29, 1.82) is 0 Å². The highest BCUT2D eigenvalue weighted by atomic mass is 19.4. The molecular formula is C19H18F3NO3. The Kier molecular flexibility index (Phi) is 6.02. The lowest BCUT2D eigenvalue weighted by atomic mass is 10.0. The summed E-state index contributed by atoms with van der Waals surface area (Å²) in [6.07, 6.45) is -5.05. The molecule has 7 heteroatoms. The molecule has 0 unspecified atom stereocenters. The van der Waals surface area contributed by atoms with E-state index >= 15 is 0 Å². The van der Waals surface area contributed by atoms with Crippen molar-refractivity contribution in [1.82, 2.24) is 0 Å². The van der Waals surface area contributed by atoms with E-state index < -0.39 is 18.0 Å². The van der Waals surface area contributed by atoms with Crippen LogP contribution in [0, 0.1) is 13.8 Å². The van der Waals surface area contributed by atoms with Gasteiger partial charge < -0.3 is 10.1 Å². The third-order valence-corrected chi connectivity index (χ3v) is 3.79. The summed E-state index contributed by atoms with van der Waals surface area (Å²) < 4.78 is 41.0. The molecule has 0 fully saturated rings. The van der Waals surface area contributed by atoms with Gasteiger partial charge in [-0.1, -0.05) is 24.3 Å². The smallest absolute Gasteiger partial charge is 0.404 e. The second-order valence-corrected chi connectivity index (χ2v) is 5.81. The van der Waals surface area contributed by atoms with E-state index in [2.05, 4.69) is 10.1 Å². The van der Waals surface area contributed by atoms with E-state index in [0.29, 0.717) is 5.56 Å². The van der Waals surface area contributed by atoms with Crippen LogP contribution in [0.5, 0.6) is 5.75 Å². The SMILES string of the molecule is Cc1ccc(C(=O)CCC(=O)Nc2ccccc2OC(F)(F)F)cc1C. The molecule has 0 heterocycles. The number of carbonyl (C=O) groups is 2. The van der Waals surface area contributed by atoms with Crippen LogP contribution in [0.25, 0.3) is 0 Å². The average Bonchev–Trinajstić information content (AvgIpc) is 2.55. The van der Waals surface area contributed by atoms with E-state index in [4.69, 9.17) is 0 Å². The van der Waals surface area contributed by atoms with Crippen molar-refractivity contribution >= 4 is 17.4 Å². The molecule has 0 saturated carbocycles. The van der Waals surface area contributed by atoms with Crippen LogP contribution in [-0.2, 0) is 4.79 Å². The topological polar surface area (TPSA) is 55.4 Å². The molecule has 2 rings (SSSR count). The Labute approximate surface area is 149 Å². The first kappa shape index (κ1) is 19.5. The molecule has 0 aliphatic heterocycles. The predicted molar refractivity (Wildman–Crippen MR) is 91.2 cm³/mol. The minimum atomic E-state index is -4.86. The second-order valence-electron chi connectivity index (χ2n) is 5.81. The van der Waals surface area contributed by atoms with Crippen LogP contribution in [0.3, 0.4) is 0 Å². The number of ether oxygens (including phenoxy) is 1. The standard InChI is InChI=1S/C19H18F3NO3/c1-12-7-8-14(11-13(12)2)16(24)9-10-18(25)23-15-5-3-4-6-17(15)26-19(20,21)22/h3-8,11H,9-10H2,1-2H3,(H,23,25). The molecule has 2 aromatic rings. The van der Waals surface area contributed by atoms with Crippen LogP contribution in [-0.4, -0.2) is 18.1 Å². The zero-order chi connectivity index (χ0) is 19.3. The highest BCUT2D eigenvalue weighted by Crippen LogP contribution is 2.30. The number of rotatable bonds is 6. The first-order chi connectivity index (χ1) is 12.2. The summed E-state index contributed by atoms with van der Waals surface area (Å²) in [6.45, 7) is 3.81. The van der Waals surface area contributed by atoms with Gasteiger partial charge in [-0.25, -0.2) is 0 Å². The molecule has 0 radical (unpaired) electrons. The fraction of sp³-hybridized carbons (Fsp3) is 0.263. The van der Waals surface area contributed by atoms with Gasteiger partial charge in [-0.3, -0.25) is 9.59 Å². The normalized spacial score (nSPS) is 11.1. The number of ketones is 1. The van der Waals surface area contributed by atoms with Gasteiger partial charge in [0.05, 0.1) is 5.69 Å². The Hall–Kier alpha value is -2.83. The Morgan fingerprint density at radius 3 is 2.35 bits per heavy atom. The second kappa shape index (κ2) is 8.03. The molecule has 0 spiro atoms. The van der Waals surface area contributed by atoms with Crippen molar-refractivity contribution in [3.63, 3.8) is 0 Å². The molecule has 1 N–H and O–H groups in total. The first-order valence-electron chi connectivity index (χ1n) is 7.91. The average molecular weight is 365 g/mol. The number of carbonyl (C=O) groups excluding carboxylic acids is 2. The van der Waals surface area contributed by atoms with Gasteiger partial charge in [-0.15, -0.1) is 13.2 Å². The summed E-state index contributed by atoms with van der Waals surface area (Å²) in [5.74, 6) is -1.28. The summed E-state index contributed by atoms with van der Waals surface area (Å²) in [5.41, 5.74) is 2.43. The number of aryl methyl sites for hydroxylation is 2. The number of para-hydroxylation sites is 2. The van der Waals surface area contributed by atoms with Crippen molar-refractivity contribution in [2.75, 3.05) is 5.32 Å². The third-order valence-electron chi connectivity index (χ3n) is 3.79. The van der Waals surface area contributed by atoms with E-state index in [-0.39, 0.29) is 24.3 Å². The summed E-state index contributed by atoms with van der Waals surface area (Å²) in [6, 6.07) is 10.5. The minimum Gasteiger partial charge on any atom is -0.404 e. The van der Waals surface area contributed by atoms with Gasteiger partial charge in [0.2, 0.25) is 5.91 Å². The lowest BCUT2D eigenvalue weighted by molar-refractivity contribution is -0.274. The molecule has 0 aliphatic rings. The van der Waals surface area contributed by atoms with E-state index in [1.54, 1.807) is 12.1 Å². The molecule has 0 atom stereocenters. The van der Waals surface area contributed by atoms with Gasteiger partial charge in [-0.2, -0.15) is 0 Å². The number of halogens is 3. The molecule has 1 amide bonds. The highest BCUT2D eigenvalue weighted by Gasteiger charge is 2.32. The van der Waals surface area contributed by atoms with Gasteiger partial charge in [0.1, 0.15) is 0 Å². The van der Waals surface area contributed by atoms with Crippen molar-refractivity contribution in [3.8, 4) is 5.75 Å². The molecule has 0 bridgehead atoms. The minimum absolute atomic E-state index is 0.0450. The zero-order valence-electron chi connectivity index (χ0n) is 14.3. The van der Waals surface area contributed by atoms with E-state index in [1.807, 2.05) is 19.9 Å². The molecule has 4 nitrogen and oxygen atoms in total. The van der Waals surface area contributed by atoms with Crippen LogP contribution in [0.4, 0.5) is 18.9 Å². The number of amides is 1. The van der Waals surface area contributed by atoms with Gasteiger partial charge in [0.25, 0.3) is 0 Å². The van der Waals surface area contributed by atoms with E-state index in [0.717, 1.165) is 17.2 Å². The fourth-order valence-electron chi connectivity index (χ4n) is 2.28. The van der Waals surface area contributed by atoms with Gasteiger partial charge in [0, 0.05) is 18.4 Å². The maximum absolute atomic E-state index is 12.4. The lowest BCUT2D eigenvalue weighted by Crippen LogP contribution is -2.19. The van der Waals surface area contributed by atoms with Crippen LogP contribution < -0.4 is 10.1 Å². The molecule has 0 saturated heterocycles. The Morgan fingerprint density at radius 2 is 1.69 bits per heavy atom. The number of hydrogen-bond acceptors (Lipinski definition) is 3. The fourth-order valence-corrected chi connectivity index (χ4v) is 2.28. The van der Waals surface area contributed by atoms with E-state index in [9.17, 15) is 22.8 Å². The summed E-state index contributed by atoms with van der Waals surface area (Å²) >= 11 is 0. The summed E-state index contributed by atoms with van der Waals surface area (Å²) in [5, 5.41) is 2.34. The van der Waals surface area contributed by atoms with Crippen LogP contribution >= 0.6 is 0 Å². The van der Waals surface area contributed by atoms with Crippen LogP contribution in [0.15, 0.2) is 42.5 Å².